The molecule has 0 amide bonds. The minimum atomic E-state index is -0.217. The van der Waals surface area contributed by atoms with Crippen molar-refractivity contribution < 1.29 is 0 Å². The smallest absolute Gasteiger partial charge is 0.0543 e. The van der Waals surface area contributed by atoms with Gasteiger partial charge < -0.3 is 4.90 Å². The molecule has 0 spiro atoms. The van der Waals surface area contributed by atoms with Crippen LogP contribution in [0.3, 0.4) is 0 Å². The van der Waals surface area contributed by atoms with E-state index in [1.807, 2.05) is 0 Å². The van der Waals surface area contributed by atoms with Gasteiger partial charge in [-0.05, 0) is 183 Å². The van der Waals surface area contributed by atoms with Crippen molar-refractivity contribution in [2.24, 2.45) is 0 Å². The second-order valence-corrected chi connectivity index (χ2v) is 21.3. The maximum Gasteiger partial charge on any atom is 0.0543 e. The molecule has 14 rings (SSSR count). The Morgan fingerprint density at radius 2 is 0.685 bits per heavy atom. The van der Waals surface area contributed by atoms with Gasteiger partial charge in [0.2, 0.25) is 0 Å². The molecule has 0 radical (unpaired) electrons. The average molecular weight is 932 g/mol. The minimum Gasteiger partial charge on any atom is -0.310 e. The van der Waals surface area contributed by atoms with E-state index in [1.165, 1.54) is 127 Å². The first-order valence-corrected chi connectivity index (χ1v) is 25.7. The summed E-state index contributed by atoms with van der Waals surface area (Å²) in [6, 6.07) is 92.6. The largest absolute Gasteiger partial charge is 0.310 e. The molecule has 2 aliphatic carbocycles. The number of benzene rings is 12. The zero-order valence-electron chi connectivity index (χ0n) is 41.6. The molecule has 0 aromatic heterocycles. The van der Waals surface area contributed by atoms with Gasteiger partial charge in [0.1, 0.15) is 0 Å². The molecule has 2 aliphatic rings. The van der Waals surface area contributed by atoms with Crippen molar-refractivity contribution in [2.75, 3.05) is 4.90 Å². The van der Waals surface area contributed by atoms with Crippen LogP contribution >= 0.6 is 0 Å². The van der Waals surface area contributed by atoms with E-state index in [4.69, 9.17) is 0 Å². The molecule has 346 valence electrons. The van der Waals surface area contributed by atoms with Crippen LogP contribution in [0.4, 0.5) is 17.1 Å². The lowest BCUT2D eigenvalue weighted by molar-refractivity contribution is 0.652. The standard InChI is InChI=1S/C72H53N/c1-71(2)65-25-14-13-22-60(65)63-43-67-64(44-66(63)71)70-62-24-12-11-23-61(62)69(45-68(70)72(67,3)4)73(58-19-9-6-10-20-58)59-21-15-18-49(42-59)53-36-37-56-40-52(32-35-57(56)41-53)48-28-26-47(27-29-48)51-31-34-54-38-50(30-33-55(54)39-51)46-16-7-5-8-17-46/h5-45H,1-4H3. The van der Waals surface area contributed by atoms with Crippen molar-refractivity contribution in [3.05, 3.63) is 271 Å². The van der Waals surface area contributed by atoms with E-state index in [-0.39, 0.29) is 10.8 Å². The summed E-state index contributed by atoms with van der Waals surface area (Å²) in [5, 5.41) is 7.48. The molecular weight excluding hydrogens is 879 g/mol. The van der Waals surface area contributed by atoms with Crippen LogP contribution in [0.15, 0.2) is 249 Å². The Hall–Kier alpha value is -8.78. The van der Waals surface area contributed by atoms with Gasteiger partial charge in [-0.15, -0.1) is 0 Å². The number of fused-ring (bicyclic) bond motifs is 10. The summed E-state index contributed by atoms with van der Waals surface area (Å²) < 4.78 is 0. The zero-order valence-corrected chi connectivity index (χ0v) is 41.6. The number of anilines is 3. The Kier molecular flexibility index (Phi) is 9.66. The van der Waals surface area contributed by atoms with E-state index in [1.54, 1.807) is 0 Å². The highest BCUT2D eigenvalue weighted by molar-refractivity contribution is 6.11. The highest BCUT2D eigenvalue weighted by Gasteiger charge is 2.42. The predicted molar refractivity (Wildman–Crippen MR) is 311 cm³/mol. The molecule has 12 aromatic rings. The molecule has 73 heavy (non-hydrogen) atoms. The fraction of sp³-hybridized carbons (Fsp3) is 0.0833. The molecule has 0 aliphatic heterocycles. The number of nitrogens with zero attached hydrogens (tertiary/aromatic N) is 1. The highest BCUT2D eigenvalue weighted by Crippen LogP contribution is 2.59. The summed E-state index contributed by atoms with van der Waals surface area (Å²) in [6.45, 7) is 9.63. The van der Waals surface area contributed by atoms with Gasteiger partial charge in [0.25, 0.3) is 0 Å². The lowest BCUT2D eigenvalue weighted by Crippen LogP contribution is -2.18. The zero-order chi connectivity index (χ0) is 49.0. The van der Waals surface area contributed by atoms with E-state index < -0.39 is 0 Å². The van der Waals surface area contributed by atoms with Gasteiger partial charge >= 0.3 is 0 Å². The van der Waals surface area contributed by atoms with Crippen LogP contribution in [0.5, 0.6) is 0 Å². The molecule has 1 nitrogen and oxygen atoms in total. The van der Waals surface area contributed by atoms with Crippen molar-refractivity contribution in [1.82, 2.24) is 0 Å². The van der Waals surface area contributed by atoms with Crippen LogP contribution in [-0.4, -0.2) is 0 Å². The summed E-state index contributed by atoms with van der Waals surface area (Å²) in [5.41, 5.74) is 24.0. The summed E-state index contributed by atoms with van der Waals surface area (Å²) in [5.74, 6) is 0. The average Bonchev–Trinajstić information content (AvgIpc) is 3.81. The van der Waals surface area contributed by atoms with Crippen molar-refractivity contribution >= 4 is 49.4 Å². The highest BCUT2D eigenvalue weighted by atomic mass is 15.1. The van der Waals surface area contributed by atoms with Gasteiger partial charge in [-0.2, -0.15) is 0 Å². The van der Waals surface area contributed by atoms with Crippen molar-refractivity contribution in [3.63, 3.8) is 0 Å². The van der Waals surface area contributed by atoms with E-state index in [2.05, 4.69) is 281 Å². The molecule has 0 saturated carbocycles. The van der Waals surface area contributed by atoms with E-state index in [0.29, 0.717) is 0 Å². The van der Waals surface area contributed by atoms with Crippen LogP contribution in [-0.2, 0) is 10.8 Å². The van der Waals surface area contributed by atoms with Crippen LogP contribution < -0.4 is 4.90 Å². The van der Waals surface area contributed by atoms with Crippen molar-refractivity contribution in [2.45, 2.75) is 38.5 Å². The molecule has 1 heteroatoms. The normalized spacial score (nSPS) is 13.7. The summed E-state index contributed by atoms with van der Waals surface area (Å²) >= 11 is 0. The molecule has 0 N–H and O–H groups in total. The number of hydrogen-bond acceptors (Lipinski definition) is 1. The first kappa shape index (κ1) is 43.0. The second-order valence-electron chi connectivity index (χ2n) is 21.3. The fourth-order valence-electron chi connectivity index (χ4n) is 12.5. The monoisotopic (exact) mass is 931 g/mol. The van der Waals surface area contributed by atoms with Crippen molar-refractivity contribution in [3.8, 4) is 66.8 Å². The van der Waals surface area contributed by atoms with Gasteiger partial charge in [0, 0.05) is 27.6 Å². The van der Waals surface area contributed by atoms with Gasteiger partial charge in [-0.1, -0.05) is 210 Å². The van der Waals surface area contributed by atoms with Crippen LogP contribution in [0.1, 0.15) is 49.9 Å². The van der Waals surface area contributed by atoms with E-state index in [9.17, 15) is 0 Å². The fourth-order valence-corrected chi connectivity index (χ4v) is 12.5. The Bertz CT molecular complexity index is 4180. The topological polar surface area (TPSA) is 3.24 Å². The first-order valence-electron chi connectivity index (χ1n) is 25.7. The Labute approximate surface area is 428 Å². The second kappa shape index (κ2) is 16.4. The van der Waals surface area contributed by atoms with Crippen molar-refractivity contribution in [1.29, 1.82) is 0 Å². The third-order valence-electron chi connectivity index (χ3n) is 16.4. The SMILES string of the molecule is CC1(C)c2ccccc2-c2cc3c(cc21)-c1c(cc(N(c2ccccc2)c2cccc(-c4ccc5cc(-c6ccc(-c7ccc8cc(-c9ccccc9)ccc8c7)cc6)ccc5c4)c2)c2ccccc12)C3(C)C. The van der Waals surface area contributed by atoms with Gasteiger partial charge in [-0.25, -0.2) is 0 Å². The molecule has 0 heterocycles. The third-order valence-corrected chi connectivity index (χ3v) is 16.4. The van der Waals surface area contributed by atoms with E-state index >= 15 is 0 Å². The molecular formula is C72H53N. The van der Waals surface area contributed by atoms with E-state index in [0.717, 1.165) is 11.4 Å². The molecule has 0 bridgehead atoms. The Balaban J connectivity index is 0.794. The number of hydrogen-bond donors (Lipinski definition) is 0. The third kappa shape index (κ3) is 6.91. The van der Waals surface area contributed by atoms with Gasteiger partial charge in [0.15, 0.2) is 0 Å². The maximum absolute atomic E-state index is 2.54. The summed E-state index contributed by atoms with van der Waals surface area (Å²) in [4.78, 5) is 2.48. The molecule has 0 atom stereocenters. The quantitative estimate of drug-likeness (QED) is 0.154. The Morgan fingerprint density at radius 1 is 0.260 bits per heavy atom. The molecule has 12 aromatic carbocycles. The van der Waals surface area contributed by atoms with Crippen LogP contribution in [0, 0.1) is 0 Å². The lowest BCUT2D eigenvalue weighted by Gasteiger charge is -2.30. The first-order chi connectivity index (χ1) is 35.7. The number of rotatable bonds is 7. The van der Waals surface area contributed by atoms with Crippen LogP contribution in [0.25, 0.3) is 99.1 Å². The minimum absolute atomic E-state index is 0.0740. The van der Waals surface area contributed by atoms with Gasteiger partial charge in [0.05, 0.1) is 5.69 Å². The molecule has 0 fully saturated rings. The lowest BCUT2D eigenvalue weighted by atomic mass is 9.79. The summed E-state index contributed by atoms with van der Waals surface area (Å²) in [6.07, 6.45) is 0. The Morgan fingerprint density at radius 3 is 1.30 bits per heavy atom. The summed E-state index contributed by atoms with van der Waals surface area (Å²) in [7, 11) is 0. The molecule has 0 saturated heterocycles. The number of para-hydroxylation sites is 1. The maximum atomic E-state index is 2.54. The molecule has 0 unspecified atom stereocenters. The predicted octanol–water partition coefficient (Wildman–Crippen LogP) is 19.9. The van der Waals surface area contributed by atoms with Crippen LogP contribution in [0.2, 0.25) is 0 Å². The van der Waals surface area contributed by atoms with Gasteiger partial charge in [-0.3, -0.25) is 0 Å².